The Morgan fingerprint density at radius 2 is 1.20 bits per heavy atom. The first-order valence-electron chi connectivity index (χ1n) is 22.8. The molecule has 8 aromatic rings. The third kappa shape index (κ3) is 8.20. The highest BCUT2D eigenvalue weighted by molar-refractivity contribution is 6.11. The van der Waals surface area contributed by atoms with Crippen LogP contribution in [0.15, 0.2) is 128 Å². The van der Waals surface area contributed by atoms with Gasteiger partial charge in [-0.2, -0.15) is 13.2 Å². The number of pyridine rings is 1. The normalized spacial score (nSPS) is 13.6. The number of aryl methyl sites for hydroxylation is 3. The van der Waals surface area contributed by atoms with Gasteiger partial charge in [0.15, 0.2) is 0 Å². The molecule has 5 nitrogen and oxygen atoms in total. The lowest BCUT2D eigenvalue weighted by Crippen LogP contribution is -2.25. The summed E-state index contributed by atoms with van der Waals surface area (Å²) in [5, 5.41) is 0.584. The lowest BCUT2D eigenvalue weighted by Gasteiger charge is -2.29. The van der Waals surface area contributed by atoms with Gasteiger partial charge in [0.05, 0.1) is 28.0 Å². The van der Waals surface area contributed by atoms with E-state index in [0.29, 0.717) is 34.7 Å². The van der Waals surface area contributed by atoms with Crippen LogP contribution in [0.4, 0.5) is 35.9 Å². The molecule has 0 radical (unpaired) electrons. The molecule has 66 heavy (non-hydrogen) atoms. The summed E-state index contributed by atoms with van der Waals surface area (Å²) in [5.74, 6) is 1.01. The van der Waals surface area contributed by atoms with E-state index in [1.807, 2.05) is 47.0 Å². The van der Waals surface area contributed by atoms with Crippen LogP contribution in [0.5, 0.6) is 11.5 Å². The van der Waals surface area contributed by atoms with Crippen molar-refractivity contribution in [2.24, 2.45) is 0 Å². The summed E-state index contributed by atoms with van der Waals surface area (Å²) in [6, 6.07) is 39.6. The average molecular weight is 885 g/mol. The molecule has 0 amide bonds. The maximum Gasteiger partial charge on any atom is 0.417 e. The number of ether oxygens (including phenoxy) is 1. The van der Waals surface area contributed by atoms with Crippen molar-refractivity contribution < 1.29 is 17.9 Å². The fourth-order valence-corrected chi connectivity index (χ4v) is 9.58. The Balaban J connectivity index is 1.15. The molecule has 2 aromatic heterocycles. The number of anilines is 4. The van der Waals surface area contributed by atoms with Crippen LogP contribution in [0.2, 0.25) is 0 Å². The van der Waals surface area contributed by atoms with Crippen molar-refractivity contribution >= 4 is 44.6 Å². The molecule has 0 N–H and O–H groups in total. The predicted octanol–water partition coefficient (Wildman–Crippen LogP) is 16.7. The highest BCUT2D eigenvalue weighted by Gasteiger charge is 2.36. The number of alkyl halides is 3. The Labute approximate surface area is 387 Å². The van der Waals surface area contributed by atoms with E-state index in [2.05, 4.69) is 141 Å². The number of nitrogens with zero attached hydrogens (tertiary/aromatic N) is 4. The van der Waals surface area contributed by atoms with E-state index in [-0.39, 0.29) is 27.4 Å². The van der Waals surface area contributed by atoms with Crippen LogP contribution in [0, 0.1) is 20.8 Å². The van der Waals surface area contributed by atoms with Crippen LogP contribution < -0.4 is 14.5 Å². The van der Waals surface area contributed by atoms with Crippen LogP contribution in [0.1, 0.15) is 101 Å². The second kappa shape index (κ2) is 15.8. The summed E-state index contributed by atoms with van der Waals surface area (Å²) < 4.78 is 54.4. The van der Waals surface area contributed by atoms with Gasteiger partial charge in [-0.3, -0.25) is 4.57 Å². The molecule has 3 heterocycles. The largest absolute Gasteiger partial charge is 0.457 e. The second-order valence-corrected chi connectivity index (χ2v) is 21.2. The number of hydrogen-bond acceptors (Lipinski definition) is 4. The van der Waals surface area contributed by atoms with Crippen LogP contribution in [-0.2, 0) is 22.4 Å². The lowest BCUT2D eigenvalue weighted by atomic mass is 9.80. The number of fused-ring (bicyclic) bond motifs is 4. The summed E-state index contributed by atoms with van der Waals surface area (Å²) >= 11 is 0. The molecule has 0 unspecified atom stereocenters. The number of benzene rings is 6. The zero-order chi connectivity index (χ0) is 47.2. The summed E-state index contributed by atoms with van der Waals surface area (Å²) in [7, 11) is 0. The van der Waals surface area contributed by atoms with Crippen molar-refractivity contribution in [2.45, 2.75) is 106 Å². The molecule has 0 bridgehead atoms. The molecule has 0 atom stereocenters. The van der Waals surface area contributed by atoms with Crippen molar-refractivity contribution in [3.05, 3.63) is 166 Å². The fraction of sp³-hybridized carbons (Fsp3) is 0.293. The van der Waals surface area contributed by atoms with Gasteiger partial charge in [-0.05, 0) is 137 Å². The van der Waals surface area contributed by atoms with Crippen molar-refractivity contribution in [2.75, 3.05) is 16.5 Å². The lowest BCUT2D eigenvalue weighted by molar-refractivity contribution is -0.136. The Kier molecular flexibility index (Phi) is 10.7. The SMILES string of the molecule is Cc1cc(C)c(-c2ccnc(-n3c4ccccc4c4c(C(F)(F)F)cc(Oc5cccc(N6CN(c7cc(C(C)(C)C)cc(C(C)(C)C)c7)c7cc(C(C)(C)C)ccc76)c5)cc43)c2)c(C)c1. The van der Waals surface area contributed by atoms with Crippen molar-refractivity contribution in [1.82, 2.24) is 9.55 Å². The Bertz CT molecular complexity index is 3140. The van der Waals surface area contributed by atoms with E-state index in [0.717, 1.165) is 51.1 Å². The number of para-hydroxylation sites is 1. The van der Waals surface area contributed by atoms with Crippen molar-refractivity contribution in [3.63, 3.8) is 0 Å². The highest BCUT2D eigenvalue weighted by Crippen LogP contribution is 2.49. The topological polar surface area (TPSA) is 33.5 Å². The smallest absolute Gasteiger partial charge is 0.417 e. The van der Waals surface area contributed by atoms with Crippen molar-refractivity contribution in [1.29, 1.82) is 0 Å². The predicted molar refractivity (Wildman–Crippen MR) is 268 cm³/mol. The quantitative estimate of drug-likeness (QED) is 0.167. The molecule has 1 aliphatic rings. The van der Waals surface area contributed by atoms with E-state index < -0.39 is 11.7 Å². The van der Waals surface area contributed by atoms with Gasteiger partial charge in [0.25, 0.3) is 0 Å². The Hall–Kier alpha value is -6.54. The van der Waals surface area contributed by atoms with Crippen LogP contribution in [0.3, 0.4) is 0 Å². The number of rotatable bonds is 6. The molecule has 8 heteroatoms. The van der Waals surface area contributed by atoms with Gasteiger partial charge in [0.1, 0.15) is 24.0 Å². The van der Waals surface area contributed by atoms with Gasteiger partial charge in [-0.1, -0.05) is 116 Å². The second-order valence-electron chi connectivity index (χ2n) is 21.2. The highest BCUT2D eigenvalue weighted by atomic mass is 19.4. The van der Waals surface area contributed by atoms with E-state index in [1.54, 1.807) is 30.5 Å². The van der Waals surface area contributed by atoms with Gasteiger partial charge in [0, 0.05) is 40.5 Å². The van der Waals surface area contributed by atoms with Gasteiger partial charge in [-0.25, -0.2) is 4.98 Å². The third-order valence-electron chi connectivity index (χ3n) is 13.0. The number of aromatic nitrogens is 2. The maximum absolute atomic E-state index is 15.4. The van der Waals surface area contributed by atoms with Gasteiger partial charge in [-0.15, -0.1) is 0 Å². The molecule has 6 aromatic carbocycles. The first kappa shape index (κ1) is 44.7. The maximum atomic E-state index is 15.4. The summed E-state index contributed by atoms with van der Waals surface area (Å²) in [4.78, 5) is 9.42. The monoisotopic (exact) mass is 884 g/mol. The molecule has 1 aliphatic heterocycles. The molecule has 0 spiro atoms. The molecule has 0 fully saturated rings. The zero-order valence-corrected chi connectivity index (χ0v) is 40.2. The summed E-state index contributed by atoms with van der Waals surface area (Å²) in [6.07, 6.45) is -2.95. The van der Waals surface area contributed by atoms with E-state index in [9.17, 15) is 0 Å². The minimum absolute atomic E-state index is 0.0687. The Morgan fingerprint density at radius 1 is 0.545 bits per heavy atom. The first-order valence-corrected chi connectivity index (χ1v) is 22.8. The molecule has 338 valence electrons. The van der Waals surface area contributed by atoms with Crippen molar-refractivity contribution in [3.8, 4) is 28.4 Å². The molecule has 0 saturated carbocycles. The van der Waals surface area contributed by atoms with Crippen LogP contribution in [-0.4, -0.2) is 16.2 Å². The standard InChI is InChI=1S/C58H59F3N4O/c1-35-24-36(2)53(37(3)25-35)38-22-23-62-52(26-38)65-48-19-14-13-18-46(48)54-47(58(59,60)61)32-45(33-51(54)65)66-44-17-15-16-42(31-44)63-34-64(50-30-39(55(4,5)6)20-21-49(50)63)43-28-40(56(7,8)9)27-41(29-43)57(10,11)12/h13-33H,34H2,1-12H3. The fourth-order valence-electron chi connectivity index (χ4n) is 9.58. The minimum atomic E-state index is -4.68. The van der Waals surface area contributed by atoms with Gasteiger partial charge >= 0.3 is 6.18 Å². The van der Waals surface area contributed by atoms with Gasteiger partial charge in [0.2, 0.25) is 0 Å². The Morgan fingerprint density at radius 3 is 1.85 bits per heavy atom. The molecule has 0 aliphatic carbocycles. The average Bonchev–Trinajstić information content (AvgIpc) is 3.78. The van der Waals surface area contributed by atoms with E-state index >= 15 is 13.2 Å². The van der Waals surface area contributed by atoms with Crippen LogP contribution in [0.25, 0.3) is 38.8 Å². The van der Waals surface area contributed by atoms with Crippen LogP contribution >= 0.6 is 0 Å². The zero-order valence-electron chi connectivity index (χ0n) is 40.2. The van der Waals surface area contributed by atoms with Gasteiger partial charge < -0.3 is 14.5 Å². The number of hydrogen-bond donors (Lipinski definition) is 0. The first-order chi connectivity index (χ1) is 31.0. The van der Waals surface area contributed by atoms with E-state index in [4.69, 9.17) is 9.72 Å². The molecule has 0 saturated heterocycles. The minimum Gasteiger partial charge on any atom is -0.457 e. The summed E-state index contributed by atoms with van der Waals surface area (Å²) in [5.41, 5.74) is 13.3. The molecular formula is C58H59F3N4O. The van der Waals surface area contributed by atoms with E-state index in [1.165, 1.54) is 22.3 Å². The molecular weight excluding hydrogens is 826 g/mol. The molecule has 9 rings (SSSR count). The summed E-state index contributed by atoms with van der Waals surface area (Å²) in [6.45, 7) is 27.0. The third-order valence-corrected chi connectivity index (χ3v) is 13.0. The number of halogens is 3.